The number of hydrogen-bond donors (Lipinski definition) is 1. The summed E-state index contributed by atoms with van der Waals surface area (Å²) in [6.07, 6.45) is 0. The summed E-state index contributed by atoms with van der Waals surface area (Å²) >= 11 is 0. The molecule has 0 bridgehead atoms. The van der Waals surface area contributed by atoms with Crippen molar-refractivity contribution >= 4 is 34.4 Å². The van der Waals surface area contributed by atoms with Gasteiger partial charge < -0.3 is 9.47 Å². The summed E-state index contributed by atoms with van der Waals surface area (Å²) in [6, 6.07) is 7.07. The Morgan fingerprint density at radius 3 is 2.16 bits per heavy atom. The fraction of sp³-hybridized carbons (Fsp3) is 0.222. The Bertz CT molecular complexity index is 1080. The van der Waals surface area contributed by atoms with E-state index in [4.69, 9.17) is 4.74 Å². The number of nitrogens with zero attached hydrogens (tertiary/aromatic N) is 4. The van der Waals surface area contributed by atoms with Gasteiger partial charge in [0, 0.05) is 18.2 Å². The molecule has 2 rings (SSSR count). The van der Waals surface area contributed by atoms with Crippen molar-refractivity contribution in [2.45, 2.75) is 13.8 Å². The Morgan fingerprint density at radius 1 is 1.00 bits per heavy atom. The van der Waals surface area contributed by atoms with Crippen LogP contribution in [0, 0.1) is 30.3 Å². The minimum Gasteiger partial charge on any atom is -0.475 e. The fourth-order valence-electron chi connectivity index (χ4n) is 2.43. The highest BCUT2D eigenvalue weighted by atomic mass is 16.6. The molecule has 168 valence electrons. The molecule has 0 aliphatic heterocycles. The van der Waals surface area contributed by atoms with E-state index in [0.29, 0.717) is 17.3 Å². The Hall–Kier alpha value is -4.62. The summed E-state index contributed by atoms with van der Waals surface area (Å²) in [4.78, 5) is 42.6. The molecule has 0 aliphatic carbocycles. The van der Waals surface area contributed by atoms with Crippen molar-refractivity contribution in [2.75, 3.05) is 18.6 Å². The fourth-order valence-corrected chi connectivity index (χ4v) is 2.43. The quantitative estimate of drug-likeness (QED) is 0.245. The van der Waals surface area contributed by atoms with Gasteiger partial charge in [-0.2, -0.15) is 5.10 Å². The van der Waals surface area contributed by atoms with E-state index in [1.165, 1.54) is 24.3 Å². The third-order valence-electron chi connectivity index (χ3n) is 3.96. The largest absolute Gasteiger partial charge is 0.475 e. The lowest BCUT2D eigenvalue weighted by Gasteiger charge is -2.09. The first-order valence-corrected chi connectivity index (χ1v) is 8.94. The van der Waals surface area contributed by atoms with Crippen LogP contribution in [0.3, 0.4) is 0 Å². The molecule has 0 amide bonds. The van der Waals surface area contributed by atoms with Gasteiger partial charge in [0.15, 0.2) is 12.4 Å². The van der Waals surface area contributed by atoms with Gasteiger partial charge in [0.2, 0.25) is 0 Å². The predicted molar refractivity (Wildman–Crippen MR) is 111 cm³/mol. The number of rotatable bonds is 10. The van der Waals surface area contributed by atoms with Crippen molar-refractivity contribution in [3.63, 3.8) is 0 Å². The summed E-state index contributed by atoms with van der Waals surface area (Å²) in [7, 11) is 0. The van der Waals surface area contributed by atoms with E-state index in [2.05, 4.69) is 15.3 Å². The van der Waals surface area contributed by atoms with Gasteiger partial charge in [0.05, 0.1) is 27.1 Å². The van der Waals surface area contributed by atoms with Crippen LogP contribution in [0.5, 0.6) is 5.75 Å². The number of nitrogens with one attached hydrogen (secondary N) is 1. The maximum atomic E-state index is 11.5. The molecule has 0 spiro atoms. The van der Waals surface area contributed by atoms with Gasteiger partial charge in [-0.25, -0.2) is 4.79 Å². The Labute approximate surface area is 179 Å². The normalized spacial score (nSPS) is 10.9. The lowest BCUT2D eigenvalue weighted by molar-refractivity contribution is -0.394. The van der Waals surface area contributed by atoms with Gasteiger partial charge in [-0.05, 0) is 31.5 Å². The van der Waals surface area contributed by atoms with Gasteiger partial charge in [0.25, 0.3) is 5.69 Å². The van der Waals surface area contributed by atoms with Gasteiger partial charge in [0.1, 0.15) is 11.8 Å². The van der Waals surface area contributed by atoms with E-state index in [0.717, 1.165) is 6.07 Å². The molecule has 0 fully saturated rings. The molecule has 14 nitrogen and oxygen atoms in total. The molecular weight excluding hydrogens is 430 g/mol. The molecular formula is C18H17N5O9. The number of nitro groups is 3. The second kappa shape index (κ2) is 10.4. The van der Waals surface area contributed by atoms with Crippen LogP contribution in [0.15, 0.2) is 41.5 Å². The molecule has 0 saturated carbocycles. The van der Waals surface area contributed by atoms with Crippen molar-refractivity contribution in [1.82, 2.24) is 0 Å². The number of ether oxygens (including phenoxy) is 2. The summed E-state index contributed by atoms with van der Waals surface area (Å²) < 4.78 is 9.81. The number of hydrogen-bond acceptors (Lipinski definition) is 11. The summed E-state index contributed by atoms with van der Waals surface area (Å²) in [5.41, 5.74) is 1.53. The lowest BCUT2D eigenvalue weighted by Crippen LogP contribution is -2.15. The van der Waals surface area contributed by atoms with E-state index < -0.39 is 44.5 Å². The number of anilines is 1. The zero-order valence-electron chi connectivity index (χ0n) is 16.8. The molecule has 0 atom stereocenters. The highest BCUT2D eigenvalue weighted by Crippen LogP contribution is 2.37. The van der Waals surface area contributed by atoms with E-state index >= 15 is 0 Å². The standard InChI is InChI=1S/C18H17N5O9/c1-3-31-18(24)10-32-17-8-14(15(22(27)28)9-16(17)23(29)30)20-19-11(2)12-4-6-13(7-5-12)21(25)26/h4-9,20H,3,10H2,1-2H3/b19-11-. The first-order valence-electron chi connectivity index (χ1n) is 8.94. The molecule has 32 heavy (non-hydrogen) atoms. The average molecular weight is 447 g/mol. The Kier molecular flexibility index (Phi) is 7.70. The minimum absolute atomic E-state index is 0.0774. The molecule has 0 unspecified atom stereocenters. The summed E-state index contributed by atoms with van der Waals surface area (Å²) in [5, 5.41) is 37.4. The van der Waals surface area contributed by atoms with E-state index in [9.17, 15) is 35.1 Å². The minimum atomic E-state index is -0.886. The zero-order valence-corrected chi connectivity index (χ0v) is 16.8. The zero-order chi connectivity index (χ0) is 23.8. The van der Waals surface area contributed by atoms with Crippen molar-refractivity contribution < 1.29 is 29.0 Å². The van der Waals surface area contributed by atoms with E-state index in [1.807, 2.05) is 0 Å². The maximum Gasteiger partial charge on any atom is 0.344 e. The van der Waals surface area contributed by atoms with Crippen molar-refractivity contribution in [3.05, 3.63) is 72.3 Å². The van der Waals surface area contributed by atoms with Crippen LogP contribution in [-0.2, 0) is 9.53 Å². The number of non-ortho nitro benzene ring substituents is 1. The number of hydrazone groups is 1. The van der Waals surface area contributed by atoms with Crippen LogP contribution in [0.4, 0.5) is 22.7 Å². The van der Waals surface area contributed by atoms with Crippen molar-refractivity contribution in [1.29, 1.82) is 0 Å². The second-order valence-electron chi connectivity index (χ2n) is 6.06. The Balaban J connectivity index is 2.37. The molecule has 1 N–H and O–H groups in total. The molecule has 0 radical (unpaired) electrons. The van der Waals surface area contributed by atoms with Gasteiger partial charge >= 0.3 is 17.3 Å². The molecule has 0 saturated heterocycles. The van der Waals surface area contributed by atoms with Crippen LogP contribution >= 0.6 is 0 Å². The number of carbonyl (C=O) groups excluding carboxylic acids is 1. The van der Waals surface area contributed by atoms with Gasteiger partial charge in [-0.15, -0.1) is 0 Å². The van der Waals surface area contributed by atoms with Crippen LogP contribution in [0.1, 0.15) is 19.4 Å². The predicted octanol–water partition coefficient (Wildman–Crippen LogP) is 3.19. The highest BCUT2D eigenvalue weighted by molar-refractivity contribution is 5.99. The number of nitro benzene ring substituents is 3. The highest BCUT2D eigenvalue weighted by Gasteiger charge is 2.26. The van der Waals surface area contributed by atoms with Crippen LogP contribution in [0.25, 0.3) is 0 Å². The number of benzene rings is 2. The van der Waals surface area contributed by atoms with Crippen molar-refractivity contribution in [2.24, 2.45) is 5.10 Å². The lowest BCUT2D eigenvalue weighted by atomic mass is 10.1. The first kappa shape index (κ1) is 23.7. The molecule has 0 aromatic heterocycles. The third-order valence-corrected chi connectivity index (χ3v) is 3.96. The molecule has 14 heteroatoms. The smallest absolute Gasteiger partial charge is 0.344 e. The number of carbonyl (C=O) groups is 1. The average Bonchev–Trinajstić information content (AvgIpc) is 2.75. The SMILES string of the molecule is CCOC(=O)COc1cc(N/N=C(/C)c2ccc([N+](=O)[O-])cc2)c([N+](=O)[O-])cc1[N+](=O)[O-]. The molecule has 2 aromatic rings. The Morgan fingerprint density at radius 2 is 1.62 bits per heavy atom. The first-order chi connectivity index (χ1) is 15.1. The maximum absolute atomic E-state index is 11.5. The molecule has 0 aliphatic rings. The van der Waals surface area contributed by atoms with E-state index in [1.54, 1.807) is 13.8 Å². The van der Waals surface area contributed by atoms with Crippen LogP contribution in [-0.4, -0.2) is 39.7 Å². The van der Waals surface area contributed by atoms with E-state index in [-0.39, 0.29) is 18.0 Å². The van der Waals surface area contributed by atoms with Gasteiger partial charge in [-0.1, -0.05) is 0 Å². The van der Waals surface area contributed by atoms with Crippen LogP contribution in [0.2, 0.25) is 0 Å². The van der Waals surface area contributed by atoms with Crippen molar-refractivity contribution in [3.8, 4) is 5.75 Å². The summed E-state index contributed by atoms with van der Waals surface area (Å²) in [5.74, 6) is -1.18. The molecule has 2 aromatic carbocycles. The number of esters is 1. The topological polar surface area (TPSA) is 189 Å². The van der Waals surface area contributed by atoms with Gasteiger partial charge in [-0.3, -0.25) is 35.8 Å². The summed E-state index contributed by atoms with van der Waals surface area (Å²) in [6.45, 7) is 2.55. The monoisotopic (exact) mass is 447 g/mol. The van der Waals surface area contributed by atoms with Crippen LogP contribution < -0.4 is 10.2 Å². The third kappa shape index (κ3) is 5.94. The second-order valence-corrected chi connectivity index (χ2v) is 6.06. The molecule has 0 heterocycles.